The summed E-state index contributed by atoms with van der Waals surface area (Å²) in [5.74, 6) is 0.901. The third-order valence-corrected chi connectivity index (χ3v) is 5.95. The van der Waals surface area contributed by atoms with Crippen molar-refractivity contribution < 1.29 is 18.8 Å². The number of aromatic nitrogens is 1. The lowest BCUT2D eigenvalue weighted by molar-refractivity contribution is -0.118. The van der Waals surface area contributed by atoms with Crippen molar-refractivity contribution in [3.63, 3.8) is 0 Å². The van der Waals surface area contributed by atoms with E-state index in [-0.39, 0.29) is 22.8 Å². The molecule has 2 N–H and O–H groups in total. The lowest BCUT2D eigenvalue weighted by Crippen LogP contribution is -2.36. The van der Waals surface area contributed by atoms with Gasteiger partial charge in [0, 0.05) is 32.2 Å². The number of aryl methyl sites for hydroxylation is 1. The molecule has 0 saturated carbocycles. The van der Waals surface area contributed by atoms with Crippen LogP contribution >= 0.6 is 11.8 Å². The summed E-state index contributed by atoms with van der Waals surface area (Å²) in [6.45, 7) is 8.20. The quantitative estimate of drug-likeness (QED) is 0.627. The fraction of sp³-hybridized carbons (Fsp3) is 0.476. The molecule has 8 nitrogen and oxygen atoms in total. The number of benzene rings is 1. The molecule has 1 aromatic heterocycles. The molecule has 1 aliphatic rings. The van der Waals surface area contributed by atoms with Gasteiger partial charge < -0.3 is 19.9 Å². The first kappa shape index (κ1) is 22.3. The Morgan fingerprint density at radius 2 is 1.97 bits per heavy atom. The van der Waals surface area contributed by atoms with Gasteiger partial charge in [-0.1, -0.05) is 29.4 Å². The molecule has 0 bridgehead atoms. The van der Waals surface area contributed by atoms with Gasteiger partial charge >= 0.3 is 0 Å². The largest absolute Gasteiger partial charge is 0.379 e. The predicted octanol–water partition coefficient (Wildman–Crippen LogP) is 2.19. The molecule has 1 saturated heterocycles. The zero-order chi connectivity index (χ0) is 21.3. The Kier molecular flexibility index (Phi) is 8.30. The monoisotopic (exact) mass is 432 g/mol. The molecule has 0 unspecified atom stereocenters. The third-order valence-electron chi connectivity index (χ3n) is 4.80. The number of rotatable bonds is 9. The van der Waals surface area contributed by atoms with Gasteiger partial charge in [-0.05, 0) is 25.0 Å². The molecule has 1 atom stereocenters. The van der Waals surface area contributed by atoms with Crippen LogP contribution in [-0.2, 0) is 27.4 Å². The molecule has 0 aliphatic carbocycles. The molecule has 30 heavy (non-hydrogen) atoms. The fourth-order valence-corrected chi connectivity index (χ4v) is 3.77. The summed E-state index contributed by atoms with van der Waals surface area (Å²) in [4.78, 5) is 26.8. The second-order valence-corrected chi connectivity index (χ2v) is 8.53. The number of ether oxygens (including phenoxy) is 1. The van der Waals surface area contributed by atoms with Gasteiger partial charge in [-0.2, -0.15) is 0 Å². The van der Waals surface area contributed by atoms with E-state index in [0.717, 1.165) is 38.4 Å². The second kappa shape index (κ2) is 11.1. The van der Waals surface area contributed by atoms with Gasteiger partial charge in [0.1, 0.15) is 5.76 Å². The molecule has 2 amide bonds. The average molecular weight is 433 g/mol. The van der Waals surface area contributed by atoms with Crippen molar-refractivity contribution in [2.24, 2.45) is 0 Å². The molecule has 0 radical (unpaired) electrons. The lowest BCUT2D eigenvalue weighted by Gasteiger charge is -2.27. The number of anilines is 1. The standard InChI is InChI=1S/C21H28N4O4S/c1-15-11-19(24-29-15)23-21(27)16(2)30-14-20(26)22-12-17-5-3-4-6-18(17)13-25-7-9-28-10-8-25/h3-6,11,16H,7-10,12-14H2,1-2H3,(H,22,26)(H,23,24,27)/t16-/m0/s1. The van der Waals surface area contributed by atoms with Gasteiger partial charge in [0.15, 0.2) is 5.82 Å². The van der Waals surface area contributed by atoms with Crippen LogP contribution in [0.4, 0.5) is 5.82 Å². The smallest absolute Gasteiger partial charge is 0.238 e. The first-order chi connectivity index (χ1) is 14.5. The van der Waals surface area contributed by atoms with E-state index in [0.29, 0.717) is 18.1 Å². The Morgan fingerprint density at radius 3 is 2.67 bits per heavy atom. The number of nitrogens with one attached hydrogen (secondary N) is 2. The van der Waals surface area contributed by atoms with Crippen LogP contribution in [0.2, 0.25) is 0 Å². The highest BCUT2D eigenvalue weighted by Crippen LogP contribution is 2.15. The van der Waals surface area contributed by atoms with Crippen molar-refractivity contribution >= 4 is 29.4 Å². The first-order valence-corrected chi connectivity index (χ1v) is 11.1. The summed E-state index contributed by atoms with van der Waals surface area (Å²) in [6, 6.07) is 9.80. The highest BCUT2D eigenvalue weighted by Gasteiger charge is 2.17. The molecule has 2 aromatic rings. The van der Waals surface area contributed by atoms with Crippen molar-refractivity contribution in [1.29, 1.82) is 0 Å². The van der Waals surface area contributed by atoms with Crippen LogP contribution in [0, 0.1) is 6.92 Å². The number of amides is 2. The van der Waals surface area contributed by atoms with Gasteiger partial charge in [0.25, 0.3) is 0 Å². The van der Waals surface area contributed by atoms with Crippen molar-refractivity contribution in [3.05, 3.63) is 47.2 Å². The van der Waals surface area contributed by atoms with Crippen molar-refractivity contribution in [2.75, 3.05) is 37.4 Å². The van der Waals surface area contributed by atoms with Crippen LogP contribution < -0.4 is 10.6 Å². The van der Waals surface area contributed by atoms with Crippen LogP contribution in [0.5, 0.6) is 0 Å². The molecular weight excluding hydrogens is 404 g/mol. The maximum atomic E-state index is 12.3. The van der Waals surface area contributed by atoms with Gasteiger partial charge in [0.2, 0.25) is 11.8 Å². The van der Waals surface area contributed by atoms with Crippen molar-refractivity contribution in [1.82, 2.24) is 15.4 Å². The minimum absolute atomic E-state index is 0.0990. The molecule has 1 fully saturated rings. The van der Waals surface area contributed by atoms with E-state index in [9.17, 15) is 9.59 Å². The van der Waals surface area contributed by atoms with Gasteiger partial charge in [-0.15, -0.1) is 11.8 Å². The highest BCUT2D eigenvalue weighted by molar-refractivity contribution is 8.01. The topological polar surface area (TPSA) is 96.7 Å². The highest BCUT2D eigenvalue weighted by atomic mass is 32.2. The Labute approximate surface area is 180 Å². The number of carbonyl (C=O) groups excluding carboxylic acids is 2. The van der Waals surface area contributed by atoms with Crippen LogP contribution in [0.15, 0.2) is 34.9 Å². The molecular formula is C21H28N4O4S. The van der Waals surface area contributed by atoms with E-state index in [1.165, 1.54) is 17.3 Å². The number of morpholine rings is 1. The second-order valence-electron chi connectivity index (χ2n) is 7.20. The number of nitrogens with zero attached hydrogens (tertiary/aromatic N) is 2. The van der Waals surface area contributed by atoms with E-state index in [4.69, 9.17) is 9.26 Å². The Bertz CT molecular complexity index is 851. The summed E-state index contributed by atoms with van der Waals surface area (Å²) in [5.41, 5.74) is 2.32. The molecule has 9 heteroatoms. The molecule has 0 spiro atoms. The van der Waals surface area contributed by atoms with Gasteiger partial charge in [0.05, 0.1) is 24.2 Å². The van der Waals surface area contributed by atoms with E-state index < -0.39 is 0 Å². The Hall–Kier alpha value is -2.36. The summed E-state index contributed by atoms with van der Waals surface area (Å²) in [7, 11) is 0. The summed E-state index contributed by atoms with van der Waals surface area (Å²) in [6.07, 6.45) is 0. The van der Waals surface area contributed by atoms with E-state index in [2.05, 4.69) is 26.8 Å². The average Bonchev–Trinajstić information content (AvgIpc) is 3.16. The fourth-order valence-electron chi connectivity index (χ4n) is 3.06. The summed E-state index contributed by atoms with van der Waals surface area (Å²) < 4.78 is 10.3. The summed E-state index contributed by atoms with van der Waals surface area (Å²) in [5, 5.41) is 9.00. The number of hydrogen-bond donors (Lipinski definition) is 2. The minimum atomic E-state index is -0.388. The van der Waals surface area contributed by atoms with E-state index in [1.54, 1.807) is 19.9 Å². The predicted molar refractivity (Wildman–Crippen MR) is 116 cm³/mol. The van der Waals surface area contributed by atoms with Crippen LogP contribution in [-0.4, -0.2) is 59.2 Å². The minimum Gasteiger partial charge on any atom is -0.379 e. The number of thioether (sulfide) groups is 1. The lowest BCUT2D eigenvalue weighted by atomic mass is 10.1. The SMILES string of the molecule is Cc1cc(NC(=O)[C@H](C)SCC(=O)NCc2ccccc2CN2CCOCC2)no1. The maximum Gasteiger partial charge on any atom is 0.238 e. The Balaban J connectivity index is 1.42. The van der Waals surface area contributed by atoms with E-state index in [1.807, 2.05) is 18.2 Å². The van der Waals surface area contributed by atoms with Crippen LogP contribution in [0.25, 0.3) is 0 Å². The molecule has 1 aliphatic heterocycles. The first-order valence-electron chi connectivity index (χ1n) is 10.0. The number of hydrogen-bond acceptors (Lipinski definition) is 7. The van der Waals surface area contributed by atoms with Crippen LogP contribution in [0.3, 0.4) is 0 Å². The third kappa shape index (κ3) is 6.86. The molecule has 162 valence electrons. The van der Waals surface area contributed by atoms with Gasteiger partial charge in [-0.3, -0.25) is 14.5 Å². The Morgan fingerprint density at radius 1 is 1.23 bits per heavy atom. The molecule has 2 heterocycles. The maximum absolute atomic E-state index is 12.3. The number of carbonyl (C=O) groups is 2. The molecule has 1 aromatic carbocycles. The normalized spacial score (nSPS) is 15.5. The van der Waals surface area contributed by atoms with Crippen LogP contribution in [0.1, 0.15) is 23.8 Å². The summed E-state index contributed by atoms with van der Waals surface area (Å²) >= 11 is 1.28. The van der Waals surface area contributed by atoms with E-state index >= 15 is 0 Å². The van der Waals surface area contributed by atoms with Crippen molar-refractivity contribution in [3.8, 4) is 0 Å². The van der Waals surface area contributed by atoms with Gasteiger partial charge in [-0.25, -0.2) is 0 Å². The zero-order valence-electron chi connectivity index (χ0n) is 17.3. The molecule has 3 rings (SSSR count). The van der Waals surface area contributed by atoms with Crippen molar-refractivity contribution in [2.45, 2.75) is 32.2 Å². The zero-order valence-corrected chi connectivity index (χ0v) is 18.2.